The lowest BCUT2D eigenvalue weighted by molar-refractivity contribution is 1.08. The Bertz CT molecular complexity index is 2610. The van der Waals surface area contributed by atoms with Crippen molar-refractivity contribution in [3.63, 3.8) is 0 Å². The molecule has 3 nitrogen and oxygen atoms in total. The van der Waals surface area contributed by atoms with Crippen LogP contribution in [0.1, 0.15) is 0 Å². The highest BCUT2D eigenvalue weighted by atomic mass is 32.1. The minimum absolute atomic E-state index is 0.667. The SMILES string of the molecule is Bc1c(B)c(B)c2c(sc3c(-c4nc(-c5ccc(-c6ccccc6)cc5)nc(-c5cccc(-c6ccccc6)c5)n4)c(B)c(B)c(B)c32)c1B. The Morgan fingerprint density at radius 1 is 0.340 bits per heavy atom. The molecule has 2 heterocycles. The molecule has 0 fully saturated rings. The fourth-order valence-electron chi connectivity index (χ4n) is 7.26. The van der Waals surface area contributed by atoms with Crippen LogP contribution in [-0.4, -0.2) is 69.9 Å². The summed E-state index contributed by atoms with van der Waals surface area (Å²) < 4.78 is 2.61. The number of aromatic nitrogens is 3. The van der Waals surface area contributed by atoms with Crippen LogP contribution in [-0.2, 0) is 0 Å². The van der Waals surface area contributed by atoms with Gasteiger partial charge in [-0.2, -0.15) is 0 Å². The first kappa shape index (κ1) is 32.2. The second-order valence-electron chi connectivity index (χ2n) is 13.5. The molecule has 230 valence electrons. The average molecular weight is 650 g/mol. The zero-order valence-corrected chi connectivity index (χ0v) is 30.5. The van der Waals surface area contributed by atoms with Gasteiger partial charge in [0.1, 0.15) is 54.9 Å². The minimum atomic E-state index is 0.667. The van der Waals surface area contributed by atoms with E-state index in [1.54, 1.807) is 0 Å². The molecule has 2 aromatic heterocycles. The molecule has 6 aromatic carbocycles. The summed E-state index contributed by atoms with van der Waals surface area (Å²) in [5.74, 6) is 2.05. The van der Waals surface area contributed by atoms with Crippen LogP contribution in [0.15, 0.2) is 109 Å². The van der Waals surface area contributed by atoms with Gasteiger partial charge in [-0.15, -0.1) is 22.3 Å². The monoisotopic (exact) mass is 651 g/mol. The van der Waals surface area contributed by atoms with Crippen molar-refractivity contribution < 1.29 is 0 Å². The maximum atomic E-state index is 5.32. The third kappa shape index (κ3) is 5.36. The number of thiophene rings is 1. The van der Waals surface area contributed by atoms with E-state index in [2.05, 4.69) is 152 Å². The predicted octanol–water partition coefficient (Wildman–Crippen LogP) is -1.62. The van der Waals surface area contributed by atoms with E-state index in [0.29, 0.717) is 17.5 Å². The molecule has 0 spiro atoms. The van der Waals surface area contributed by atoms with Crippen LogP contribution < -0.4 is 38.2 Å². The van der Waals surface area contributed by atoms with Crippen molar-refractivity contribution in [1.29, 1.82) is 0 Å². The van der Waals surface area contributed by atoms with E-state index in [9.17, 15) is 0 Å². The van der Waals surface area contributed by atoms with Crippen LogP contribution in [0.5, 0.6) is 0 Å². The molecule has 0 N–H and O–H groups in total. The lowest BCUT2D eigenvalue weighted by Crippen LogP contribution is -2.47. The lowest BCUT2D eigenvalue weighted by Gasteiger charge is -2.17. The van der Waals surface area contributed by atoms with Crippen LogP contribution in [0, 0.1) is 0 Å². The molecule has 0 saturated carbocycles. The highest BCUT2D eigenvalue weighted by molar-refractivity contribution is 7.28. The number of fused-ring (bicyclic) bond motifs is 3. The Kier molecular flexibility index (Phi) is 8.19. The molecule has 8 aromatic rings. The fraction of sp³-hybridized carbons (Fsp3) is 0. The summed E-state index contributed by atoms with van der Waals surface area (Å²) in [5, 5.41) is 2.70. The molecule has 50 heavy (non-hydrogen) atoms. The van der Waals surface area contributed by atoms with Gasteiger partial charge in [-0.05, 0) is 39.1 Å². The highest BCUT2D eigenvalue weighted by Crippen LogP contribution is 2.36. The first-order valence-electron chi connectivity index (χ1n) is 17.2. The largest absolute Gasteiger partial charge is 0.208 e. The summed E-state index contributed by atoms with van der Waals surface area (Å²) >= 11 is 1.89. The summed E-state index contributed by atoms with van der Waals surface area (Å²) in [4.78, 5) is 15.8. The smallest absolute Gasteiger partial charge is 0.164 e. The first-order valence-corrected chi connectivity index (χ1v) is 18.0. The minimum Gasteiger partial charge on any atom is -0.208 e. The van der Waals surface area contributed by atoms with Gasteiger partial charge >= 0.3 is 0 Å². The average Bonchev–Trinajstić information content (AvgIpc) is 3.57. The zero-order valence-electron chi connectivity index (χ0n) is 29.6. The molecule has 0 aliphatic heterocycles. The van der Waals surface area contributed by atoms with Gasteiger partial charge in [-0.25, -0.2) is 15.0 Å². The zero-order chi connectivity index (χ0) is 34.7. The highest BCUT2D eigenvalue weighted by Gasteiger charge is 2.24. The van der Waals surface area contributed by atoms with Gasteiger partial charge < -0.3 is 0 Å². The molecule has 0 amide bonds. The van der Waals surface area contributed by atoms with E-state index in [0.717, 1.165) is 33.4 Å². The van der Waals surface area contributed by atoms with Gasteiger partial charge in [-0.3, -0.25) is 0 Å². The van der Waals surface area contributed by atoms with E-state index in [1.165, 1.54) is 64.0 Å². The third-order valence-electron chi connectivity index (χ3n) is 10.8. The van der Waals surface area contributed by atoms with Gasteiger partial charge in [-0.1, -0.05) is 130 Å². The molecular weight excluding hydrogens is 618 g/mol. The lowest BCUT2D eigenvalue weighted by atomic mass is 9.64. The molecule has 0 atom stereocenters. The maximum Gasteiger partial charge on any atom is 0.164 e. The number of hydrogen-bond donors (Lipinski definition) is 0. The topological polar surface area (TPSA) is 38.7 Å². The van der Waals surface area contributed by atoms with E-state index in [-0.39, 0.29) is 0 Å². The maximum absolute atomic E-state index is 5.32. The quantitative estimate of drug-likeness (QED) is 0.211. The Morgan fingerprint density at radius 3 is 1.42 bits per heavy atom. The van der Waals surface area contributed by atoms with Gasteiger partial charge in [0.15, 0.2) is 17.5 Å². The van der Waals surface area contributed by atoms with E-state index < -0.39 is 0 Å². The van der Waals surface area contributed by atoms with E-state index in [1.807, 2.05) is 23.5 Å². The van der Waals surface area contributed by atoms with Crippen molar-refractivity contribution in [3.05, 3.63) is 109 Å². The fourth-order valence-corrected chi connectivity index (χ4v) is 8.83. The van der Waals surface area contributed by atoms with Crippen molar-refractivity contribution in [2.24, 2.45) is 0 Å². The van der Waals surface area contributed by atoms with E-state index >= 15 is 0 Å². The van der Waals surface area contributed by atoms with Crippen molar-refractivity contribution >= 4 is 125 Å². The molecule has 0 radical (unpaired) electrons. The van der Waals surface area contributed by atoms with Gasteiger partial charge in [0.2, 0.25) is 0 Å². The van der Waals surface area contributed by atoms with Gasteiger partial charge in [0.05, 0.1) is 0 Å². The van der Waals surface area contributed by atoms with Crippen molar-refractivity contribution in [2.45, 2.75) is 0 Å². The molecular formula is C39H32B7N3S. The third-order valence-corrected chi connectivity index (χ3v) is 12.1. The number of nitrogens with zero attached hydrogens (tertiary/aromatic N) is 3. The van der Waals surface area contributed by atoms with Crippen LogP contribution in [0.3, 0.4) is 0 Å². The summed E-state index contributed by atoms with van der Waals surface area (Å²) in [6, 6.07) is 38.1. The standard InChI is InChI=1S/C39H32B7N3S/c40-28-25-26-29(41)32(44)33(45)34(46)36(26)50-35(25)27(30(42)31(28)43)39-48-37(22-16-14-21(15-17-22)19-8-3-1-4-9-19)47-38(49-39)24-13-7-12-23(18-24)20-10-5-2-6-11-20/h1-18H,40-46H2. The van der Waals surface area contributed by atoms with Crippen molar-refractivity contribution in [3.8, 4) is 56.4 Å². The first-order chi connectivity index (χ1) is 24.2. The molecule has 0 bridgehead atoms. The Balaban J connectivity index is 1.40. The summed E-state index contributed by atoms with van der Waals surface area (Å²) in [5.41, 5.74) is 16.9. The normalized spacial score (nSPS) is 11.4. The van der Waals surface area contributed by atoms with E-state index in [4.69, 9.17) is 15.0 Å². The van der Waals surface area contributed by atoms with Gasteiger partial charge in [0, 0.05) is 26.1 Å². The van der Waals surface area contributed by atoms with Gasteiger partial charge in [0.25, 0.3) is 0 Å². The van der Waals surface area contributed by atoms with Crippen LogP contribution in [0.2, 0.25) is 0 Å². The second-order valence-corrected chi connectivity index (χ2v) is 14.5. The van der Waals surface area contributed by atoms with Crippen LogP contribution >= 0.6 is 11.3 Å². The predicted molar refractivity (Wildman–Crippen MR) is 237 cm³/mol. The Hall–Kier alpha value is -5.00. The number of rotatable bonds is 5. The Labute approximate surface area is 303 Å². The summed E-state index contributed by atoms with van der Waals surface area (Å²) in [6.45, 7) is 0. The van der Waals surface area contributed by atoms with Crippen LogP contribution in [0.4, 0.5) is 0 Å². The number of hydrogen-bond acceptors (Lipinski definition) is 4. The van der Waals surface area contributed by atoms with Crippen molar-refractivity contribution in [1.82, 2.24) is 15.0 Å². The molecule has 0 unspecified atom stereocenters. The summed E-state index contributed by atoms with van der Waals surface area (Å²) in [7, 11) is 15.8. The van der Waals surface area contributed by atoms with Crippen LogP contribution in [0.25, 0.3) is 76.6 Å². The molecule has 0 aliphatic carbocycles. The number of benzene rings is 6. The summed E-state index contributed by atoms with van der Waals surface area (Å²) in [6.07, 6.45) is 0. The Morgan fingerprint density at radius 2 is 0.780 bits per heavy atom. The molecule has 0 aliphatic rings. The molecule has 8 rings (SSSR count). The second kappa shape index (κ2) is 12.7. The molecule has 11 heteroatoms. The molecule has 0 saturated heterocycles. The van der Waals surface area contributed by atoms with Crippen molar-refractivity contribution in [2.75, 3.05) is 0 Å².